The number of carbonyl (C=O) groups excluding carboxylic acids is 2. The van der Waals surface area contributed by atoms with E-state index in [0.717, 1.165) is 22.3 Å². The van der Waals surface area contributed by atoms with Crippen molar-refractivity contribution >= 4 is 18.0 Å². The molecule has 1 fully saturated rings. The van der Waals surface area contributed by atoms with Gasteiger partial charge in [0.1, 0.15) is 12.6 Å². The van der Waals surface area contributed by atoms with Crippen LogP contribution in [-0.4, -0.2) is 55.5 Å². The Labute approximate surface area is 198 Å². The number of carbonyl (C=O) groups is 3. The molecule has 34 heavy (non-hydrogen) atoms. The first-order valence-electron chi connectivity index (χ1n) is 11.7. The first kappa shape index (κ1) is 23.8. The summed E-state index contributed by atoms with van der Waals surface area (Å²) in [5, 5.41) is 15.0. The molecule has 1 aliphatic carbocycles. The van der Waals surface area contributed by atoms with E-state index in [1.165, 1.54) is 0 Å². The van der Waals surface area contributed by atoms with Gasteiger partial charge in [-0.1, -0.05) is 55.5 Å². The first-order valence-corrected chi connectivity index (χ1v) is 11.7. The minimum atomic E-state index is -1.05. The van der Waals surface area contributed by atoms with Crippen molar-refractivity contribution < 1.29 is 29.0 Å². The van der Waals surface area contributed by atoms with Crippen molar-refractivity contribution in [2.75, 3.05) is 26.4 Å². The number of hydrogen-bond donors (Lipinski definition) is 3. The fourth-order valence-electron chi connectivity index (χ4n) is 4.74. The van der Waals surface area contributed by atoms with Crippen molar-refractivity contribution in [3.63, 3.8) is 0 Å². The fourth-order valence-corrected chi connectivity index (χ4v) is 4.74. The predicted molar refractivity (Wildman–Crippen MR) is 125 cm³/mol. The summed E-state index contributed by atoms with van der Waals surface area (Å²) in [4.78, 5) is 37.0. The van der Waals surface area contributed by atoms with Gasteiger partial charge in [-0.3, -0.25) is 9.59 Å². The summed E-state index contributed by atoms with van der Waals surface area (Å²) in [6.07, 6.45) is 0.334. The summed E-state index contributed by atoms with van der Waals surface area (Å²) >= 11 is 0. The van der Waals surface area contributed by atoms with E-state index in [0.29, 0.717) is 32.5 Å². The largest absolute Gasteiger partial charge is 0.481 e. The van der Waals surface area contributed by atoms with Gasteiger partial charge in [0.15, 0.2) is 0 Å². The lowest BCUT2D eigenvalue weighted by Gasteiger charge is -2.33. The highest BCUT2D eigenvalue weighted by molar-refractivity contribution is 5.86. The zero-order valence-electron chi connectivity index (χ0n) is 19.2. The number of fused-ring (bicyclic) bond motifs is 3. The fraction of sp³-hybridized carbons (Fsp3) is 0.423. The summed E-state index contributed by atoms with van der Waals surface area (Å²) in [6, 6.07) is 15.3. The van der Waals surface area contributed by atoms with E-state index >= 15 is 0 Å². The maximum Gasteiger partial charge on any atom is 0.407 e. The molecule has 8 nitrogen and oxygen atoms in total. The van der Waals surface area contributed by atoms with Crippen molar-refractivity contribution in [3.8, 4) is 11.1 Å². The minimum absolute atomic E-state index is 0.00655. The number of nitrogens with one attached hydrogen (secondary N) is 2. The molecule has 2 aromatic rings. The van der Waals surface area contributed by atoms with E-state index in [-0.39, 0.29) is 19.1 Å². The Kier molecular flexibility index (Phi) is 7.17. The van der Waals surface area contributed by atoms with Gasteiger partial charge >= 0.3 is 12.1 Å². The van der Waals surface area contributed by atoms with E-state index in [9.17, 15) is 19.5 Å². The van der Waals surface area contributed by atoms with E-state index in [2.05, 4.69) is 22.8 Å². The topological polar surface area (TPSA) is 114 Å². The first-order chi connectivity index (χ1) is 16.4. The Morgan fingerprint density at radius 1 is 1.06 bits per heavy atom. The smallest absolute Gasteiger partial charge is 0.407 e. The second kappa shape index (κ2) is 10.3. The van der Waals surface area contributed by atoms with Crippen molar-refractivity contribution in [1.29, 1.82) is 0 Å². The number of amides is 2. The van der Waals surface area contributed by atoms with E-state index in [4.69, 9.17) is 9.47 Å². The normalized spacial score (nSPS) is 17.2. The van der Waals surface area contributed by atoms with Crippen molar-refractivity contribution in [2.24, 2.45) is 5.41 Å². The van der Waals surface area contributed by atoms with Crippen LogP contribution in [0.3, 0.4) is 0 Å². The Hall–Kier alpha value is -3.39. The number of carboxylic acid groups (broad SMARTS) is 1. The highest BCUT2D eigenvalue weighted by Crippen LogP contribution is 2.44. The molecule has 0 aromatic heterocycles. The molecule has 0 unspecified atom stereocenters. The molecular weight excluding hydrogens is 436 g/mol. The molecule has 1 atom stereocenters. The SMILES string of the molecule is CC[C@@H](NC(=O)OCC1c2ccccc2-c2ccccc21)C(=O)NCC1(C(=O)O)CCOCC1. The van der Waals surface area contributed by atoms with Gasteiger partial charge in [0.05, 0.1) is 5.41 Å². The highest BCUT2D eigenvalue weighted by Gasteiger charge is 2.41. The van der Waals surface area contributed by atoms with Crippen LogP contribution in [0.25, 0.3) is 11.1 Å². The maximum absolute atomic E-state index is 12.7. The van der Waals surface area contributed by atoms with E-state index in [1.807, 2.05) is 36.4 Å². The molecule has 2 amide bonds. The van der Waals surface area contributed by atoms with Crippen LogP contribution < -0.4 is 10.6 Å². The Morgan fingerprint density at radius 2 is 1.65 bits per heavy atom. The molecule has 8 heteroatoms. The number of hydrogen-bond acceptors (Lipinski definition) is 5. The second-order valence-electron chi connectivity index (χ2n) is 8.85. The van der Waals surface area contributed by atoms with Gasteiger partial charge in [-0.15, -0.1) is 0 Å². The van der Waals surface area contributed by atoms with Gasteiger partial charge in [0.2, 0.25) is 5.91 Å². The standard InChI is InChI=1S/C26H30N2O6/c1-2-22(23(29)27-16-26(24(30)31)11-13-33-14-12-26)28-25(32)34-15-21-19-9-5-3-7-17(19)18-8-4-6-10-20(18)21/h3-10,21-22H,2,11-16H2,1H3,(H,27,29)(H,28,32)(H,30,31)/t22-/m1/s1. The highest BCUT2D eigenvalue weighted by atomic mass is 16.5. The summed E-state index contributed by atoms with van der Waals surface area (Å²) in [6.45, 7) is 2.61. The van der Waals surface area contributed by atoms with Crippen LogP contribution in [-0.2, 0) is 19.1 Å². The van der Waals surface area contributed by atoms with E-state index < -0.39 is 29.4 Å². The zero-order chi connectivity index (χ0) is 24.1. The molecule has 0 saturated carbocycles. The van der Waals surface area contributed by atoms with Crippen LogP contribution in [0.2, 0.25) is 0 Å². The number of ether oxygens (including phenoxy) is 2. The zero-order valence-corrected chi connectivity index (χ0v) is 19.2. The van der Waals surface area contributed by atoms with E-state index in [1.54, 1.807) is 6.92 Å². The third-order valence-electron chi connectivity index (χ3n) is 6.87. The Morgan fingerprint density at radius 3 is 2.21 bits per heavy atom. The average Bonchev–Trinajstić information content (AvgIpc) is 3.18. The summed E-state index contributed by atoms with van der Waals surface area (Å²) in [7, 11) is 0. The van der Waals surface area contributed by atoms with Crippen LogP contribution in [0.5, 0.6) is 0 Å². The predicted octanol–water partition coefficient (Wildman–Crippen LogP) is 3.30. The monoisotopic (exact) mass is 466 g/mol. The van der Waals surface area contributed by atoms with Crippen LogP contribution >= 0.6 is 0 Å². The quantitative estimate of drug-likeness (QED) is 0.550. The van der Waals surface area contributed by atoms with Gasteiger partial charge in [-0.05, 0) is 41.5 Å². The molecule has 3 N–H and O–H groups in total. The number of alkyl carbamates (subject to hydrolysis) is 1. The van der Waals surface area contributed by atoms with Crippen molar-refractivity contribution in [2.45, 2.75) is 38.1 Å². The molecule has 1 heterocycles. The summed E-state index contributed by atoms with van der Waals surface area (Å²) in [5.41, 5.74) is 3.45. The van der Waals surface area contributed by atoms with Crippen LogP contribution in [0.1, 0.15) is 43.2 Å². The third-order valence-corrected chi connectivity index (χ3v) is 6.87. The van der Waals surface area contributed by atoms with Crippen LogP contribution in [0.4, 0.5) is 4.79 Å². The molecule has 1 aliphatic heterocycles. The molecule has 2 aliphatic rings. The lowest BCUT2D eigenvalue weighted by Crippen LogP contribution is -2.52. The number of rotatable bonds is 8. The summed E-state index contributed by atoms with van der Waals surface area (Å²) < 4.78 is 10.8. The third kappa shape index (κ3) is 4.77. The number of carboxylic acids is 1. The van der Waals surface area contributed by atoms with Gasteiger partial charge in [-0.2, -0.15) is 0 Å². The minimum Gasteiger partial charge on any atom is -0.481 e. The summed E-state index contributed by atoms with van der Waals surface area (Å²) in [5.74, 6) is -1.45. The average molecular weight is 467 g/mol. The molecule has 1 saturated heterocycles. The van der Waals surface area contributed by atoms with Crippen LogP contribution in [0, 0.1) is 5.41 Å². The molecule has 2 aromatic carbocycles. The molecule has 4 rings (SSSR count). The van der Waals surface area contributed by atoms with Crippen molar-refractivity contribution in [3.05, 3.63) is 59.7 Å². The number of benzene rings is 2. The molecule has 0 bridgehead atoms. The van der Waals surface area contributed by atoms with Crippen LogP contribution in [0.15, 0.2) is 48.5 Å². The lowest BCUT2D eigenvalue weighted by atomic mass is 9.80. The maximum atomic E-state index is 12.7. The lowest BCUT2D eigenvalue weighted by molar-refractivity contribution is -0.154. The van der Waals surface area contributed by atoms with Gasteiger partial charge in [-0.25, -0.2) is 4.79 Å². The second-order valence-corrected chi connectivity index (χ2v) is 8.85. The van der Waals surface area contributed by atoms with Gasteiger partial charge in [0, 0.05) is 25.7 Å². The molecule has 0 radical (unpaired) electrons. The molecular formula is C26H30N2O6. The molecule has 180 valence electrons. The number of aliphatic carboxylic acids is 1. The molecule has 0 spiro atoms. The van der Waals surface area contributed by atoms with Crippen molar-refractivity contribution in [1.82, 2.24) is 10.6 Å². The van der Waals surface area contributed by atoms with Gasteiger partial charge < -0.3 is 25.2 Å². The van der Waals surface area contributed by atoms with Gasteiger partial charge in [0.25, 0.3) is 0 Å². The Balaban J connectivity index is 1.34. The Bertz CT molecular complexity index is 1020.